The fourth-order valence-electron chi connectivity index (χ4n) is 3.26. The Morgan fingerprint density at radius 3 is 2.56 bits per heavy atom. The first kappa shape index (κ1) is 17.5. The Hall–Kier alpha value is -2.31. The van der Waals surface area contributed by atoms with E-state index in [2.05, 4.69) is 5.32 Å². The summed E-state index contributed by atoms with van der Waals surface area (Å²) in [5, 5.41) is 12.8. The van der Waals surface area contributed by atoms with Crippen LogP contribution in [0.25, 0.3) is 6.08 Å². The van der Waals surface area contributed by atoms with Crippen LogP contribution < -0.4 is 5.32 Å². The largest absolute Gasteiger partial charge is 0.612 e. The van der Waals surface area contributed by atoms with Crippen molar-refractivity contribution >= 4 is 28.9 Å². The van der Waals surface area contributed by atoms with Crippen LogP contribution in [0.2, 0.25) is 0 Å². The summed E-state index contributed by atoms with van der Waals surface area (Å²) in [5.41, 5.74) is 1.98. The number of nitrogens with one attached hydrogen (secondary N) is 1. The number of carbonyl (C=O) groups is 1. The van der Waals surface area contributed by atoms with E-state index in [9.17, 15) is 18.8 Å². The van der Waals surface area contributed by atoms with Gasteiger partial charge in [-0.05, 0) is 71.2 Å². The molecular weight excluding hydrogens is 341 g/mol. The molecule has 4 nitrogen and oxygen atoms in total. The SMILES string of the molecule is CC1=Cc2cc(F)ccc2C1(CC(=O)O)Nc1ccc([S+](C)[O-])cc1. The maximum atomic E-state index is 13.6. The fourth-order valence-corrected chi connectivity index (χ4v) is 3.78. The van der Waals surface area contributed by atoms with Gasteiger partial charge in [0.1, 0.15) is 12.1 Å². The standard InChI is InChI=1S/C19H18FNO3S/c1-12-9-13-10-14(20)3-8-17(13)19(12,11-18(22)23)21-15-4-6-16(7-5-15)25(2)24/h3-10,21H,11H2,1-2H3,(H,22,23). The zero-order valence-corrected chi connectivity index (χ0v) is 14.7. The molecule has 2 aromatic carbocycles. The van der Waals surface area contributed by atoms with E-state index in [1.807, 2.05) is 13.0 Å². The van der Waals surface area contributed by atoms with Gasteiger partial charge in [-0.1, -0.05) is 12.1 Å². The lowest BCUT2D eigenvalue weighted by atomic mass is 9.83. The first-order chi connectivity index (χ1) is 11.8. The second-order valence-corrected chi connectivity index (χ2v) is 7.52. The molecule has 0 aromatic heterocycles. The lowest BCUT2D eigenvalue weighted by Gasteiger charge is -2.33. The number of aliphatic carboxylic acids is 1. The minimum absolute atomic E-state index is 0.171. The highest BCUT2D eigenvalue weighted by molar-refractivity contribution is 7.90. The average Bonchev–Trinajstić information content (AvgIpc) is 2.78. The van der Waals surface area contributed by atoms with E-state index in [0.717, 1.165) is 11.1 Å². The summed E-state index contributed by atoms with van der Waals surface area (Å²) >= 11 is -1.08. The van der Waals surface area contributed by atoms with Gasteiger partial charge in [0.05, 0.1) is 12.0 Å². The number of hydrogen-bond donors (Lipinski definition) is 2. The topological polar surface area (TPSA) is 72.4 Å². The molecule has 2 aromatic rings. The van der Waals surface area contributed by atoms with Crippen molar-refractivity contribution in [3.63, 3.8) is 0 Å². The second kappa shape index (κ2) is 6.54. The summed E-state index contributed by atoms with van der Waals surface area (Å²) < 4.78 is 25.1. The van der Waals surface area contributed by atoms with Gasteiger partial charge in [-0.15, -0.1) is 0 Å². The van der Waals surface area contributed by atoms with Crippen molar-refractivity contribution < 1.29 is 18.8 Å². The molecule has 0 radical (unpaired) electrons. The van der Waals surface area contributed by atoms with E-state index >= 15 is 0 Å². The summed E-state index contributed by atoms with van der Waals surface area (Å²) in [6.07, 6.45) is 3.24. The van der Waals surface area contributed by atoms with Crippen molar-refractivity contribution in [3.8, 4) is 0 Å². The molecular formula is C19H18FNO3S. The Morgan fingerprint density at radius 1 is 1.28 bits per heavy atom. The molecule has 3 rings (SSSR count). The van der Waals surface area contributed by atoms with Crippen molar-refractivity contribution in [1.82, 2.24) is 0 Å². The van der Waals surface area contributed by atoms with E-state index in [4.69, 9.17) is 0 Å². The molecule has 0 bridgehead atoms. The average molecular weight is 359 g/mol. The highest BCUT2D eigenvalue weighted by Crippen LogP contribution is 2.45. The van der Waals surface area contributed by atoms with Crippen LogP contribution in [0.3, 0.4) is 0 Å². The summed E-state index contributed by atoms with van der Waals surface area (Å²) in [4.78, 5) is 12.2. The third kappa shape index (κ3) is 3.27. The highest BCUT2D eigenvalue weighted by atomic mass is 32.2. The van der Waals surface area contributed by atoms with Gasteiger partial charge in [0.25, 0.3) is 0 Å². The van der Waals surface area contributed by atoms with Gasteiger partial charge in [0.15, 0.2) is 4.90 Å². The zero-order valence-electron chi connectivity index (χ0n) is 13.9. The first-order valence-corrected chi connectivity index (χ1v) is 9.30. The first-order valence-electron chi connectivity index (χ1n) is 7.74. The van der Waals surface area contributed by atoms with Crippen LogP contribution in [-0.2, 0) is 21.5 Å². The minimum atomic E-state index is -1.08. The lowest BCUT2D eigenvalue weighted by molar-refractivity contribution is -0.137. The smallest absolute Gasteiger partial charge is 0.306 e. The van der Waals surface area contributed by atoms with Crippen molar-refractivity contribution in [2.75, 3.05) is 11.6 Å². The Bertz CT molecular complexity index is 848. The van der Waals surface area contributed by atoms with Crippen LogP contribution in [0.15, 0.2) is 52.9 Å². The van der Waals surface area contributed by atoms with Crippen LogP contribution in [0.4, 0.5) is 10.1 Å². The number of halogens is 1. The number of benzene rings is 2. The molecule has 6 heteroatoms. The minimum Gasteiger partial charge on any atom is -0.612 e. The van der Waals surface area contributed by atoms with Crippen molar-refractivity contribution in [2.24, 2.45) is 0 Å². The van der Waals surface area contributed by atoms with Crippen molar-refractivity contribution in [3.05, 3.63) is 65.0 Å². The molecule has 25 heavy (non-hydrogen) atoms. The quantitative estimate of drug-likeness (QED) is 0.797. The molecule has 0 heterocycles. The predicted molar refractivity (Wildman–Crippen MR) is 96.4 cm³/mol. The summed E-state index contributed by atoms with van der Waals surface area (Å²) in [7, 11) is 0. The van der Waals surface area contributed by atoms with Gasteiger partial charge in [-0.3, -0.25) is 4.79 Å². The van der Waals surface area contributed by atoms with E-state index < -0.39 is 22.7 Å². The number of carboxylic acids is 1. The van der Waals surface area contributed by atoms with E-state index in [0.29, 0.717) is 16.1 Å². The molecule has 0 spiro atoms. The number of fused-ring (bicyclic) bond motifs is 1. The molecule has 0 saturated heterocycles. The predicted octanol–water partition coefficient (Wildman–Crippen LogP) is 3.76. The monoisotopic (exact) mass is 359 g/mol. The van der Waals surface area contributed by atoms with Crippen LogP contribution >= 0.6 is 0 Å². The molecule has 2 atom stereocenters. The Labute approximate surface area is 148 Å². The fraction of sp³-hybridized carbons (Fsp3) is 0.211. The molecule has 0 amide bonds. The molecule has 0 saturated carbocycles. The van der Waals surface area contributed by atoms with Crippen LogP contribution in [0.5, 0.6) is 0 Å². The molecule has 0 aliphatic heterocycles. The molecule has 2 unspecified atom stereocenters. The lowest BCUT2D eigenvalue weighted by Crippen LogP contribution is -2.37. The normalized spacial score (nSPS) is 19.9. The van der Waals surface area contributed by atoms with Crippen LogP contribution in [0, 0.1) is 5.82 Å². The second-order valence-electron chi connectivity index (χ2n) is 6.14. The number of hydrogen-bond acceptors (Lipinski definition) is 3. The van der Waals surface area contributed by atoms with Gasteiger partial charge in [0.2, 0.25) is 0 Å². The maximum Gasteiger partial charge on any atom is 0.306 e. The van der Waals surface area contributed by atoms with Gasteiger partial charge < -0.3 is 15.0 Å². The highest BCUT2D eigenvalue weighted by Gasteiger charge is 2.41. The van der Waals surface area contributed by atoms with Gasteiger partial charge in [-0.2, -0.15) is 0 Å². The summed E-state index contributed by atoms with van der Waals surface area (Å²) in [5.74, 6) is -1.31. The molecule has 0 fully saturated rings. The van der Waals surface area contributed by atoms with Crippen molar-refractivity contribution in [1.29, 1.82) is 0 Å². The summed E-state index contributed by atoms with van der Waals surface area (Å²) in [6, 6.07) is 11.4. The van der Waals surface area contributed by atoms with Gasteiger partial charge >= 0.3 is 5.97 Å². The van der Waals surface area contributed by atoms with E-state index in [1.165, 1.54) is 12.1 Å². The van der Waals surface area contributed by atoms with Crippen LogP contribution in [-0.4, -0.2) is 21.9 Å². The molecule has 130 valence electrons. The molecule has 1 aliphatic carbocycles. The maximum absolute atomic E-state index is 13.6. The Kier molecular flexibility index (Phi) is 4.58. The number of rotatable bonds is 5. The van der Waals surface area contributed by atoms with E-state index in [-0.39, 0.29) is 12.2 Å². The van der Waals surface area contributed by atoms with Crippen molar-refractivity contribution in [2.45, 2.75) is 23.8 Å². The Balaban J connectivity index is 2.04. The van der Waals surface area contributed by atoms with E-state index in [1.54, 1.807) is 36.6 Å². The molecule has 2 N–H and O–H groups in total. The third-order valence-electron chi connectivity index (χ3n) is 4.48. The van der Waals surface area contributed by atoms with Gasteiger partial charge in [0, 0.05) is 5.69 Å². The molecule has 1 aliphatic rings. The number of anilines is 1. The number of carboxylic acid groups (broad SMARTS) is 1. The van der Waals surface area contributed by atoms with Gasteiger partial charge in [-0.25, -0.2) is 4.39 Å². The zero-order chi connectivity index (χ0) is 18.2. The van der Waals surface area contributed by atoms with Crippen LogP contribution in [0.1, 0.15) is 24.5 Å². The third-order valence-corrected chi connectivity index (χ3v) is 5.41. The Morgan fingerprint density at radius 2 is 1.96 bits per heavy atom. The summed E-state index contributed by atoms with van der Waals surface area (Å²) in [6.45, 7) is 1.84.